The van der Waals surface area contributed by atoms with E-state index in [0.29, 0.717) is 34.4 Å². The van der Waals surface area contributed by atoms with Crippen LogP contribution in [0.3, 0.4) is 0 Å². The van der Waals surface area contributed by atoms with Crippen molar-refractivity contribution in [2.24, 2.45) is 0 Å². The standard InChI is InChI=1S/C40H28N4O2S2/c45-39-31-8-4-5-9-33(31)41-37(43-39)22-17-30-16-21-36(48-30)27-12-10-25(11-13-27)28-14-19-32-34(24-28)42-38(44-40(32)46)23-18-29-15-20-35(47-29)26-6-2-1-3-7-26/h1-16,18-21,23-24H,17,22H2,(H,41,43,45)(H,42,44,46)/b23-18+. The summed E-state index contributed by atoms with van der Waals surface area (Å²) in [4.78, 5) is 45.3. The van der Waals surface area contributed by atoms with E-state index in [0.717, 1.165) is 33.5 Å². The molecule has 0 radical (unpaired) electrons. The molecule has 6 nitrogen and oxygen atoms in total. The summed E-state index contributed by atoms with van der Waals surface area (Å²) in [5.74, 6) is 1.22. The zero-order valence-electron chi connectivity index (χ0n) is 25.6. The van der Waals surface area contributed by atoms with Crippen molar-refractivity contribution >= 4 is 56.6 Å². The van der Waals surface area contributed by atoms with Crippen molar-refractivity contribution in [2.75, 3.05) is 0 Å². The first kappa shape index (κ1) is 29.7. The average molecular weight is 661 g/mol. The highest BCUT2D eigenvalue weighted by Gasteiger charge is 2.09. The smallest absolute Gasteiger partial charge is 0.259 e. The lowest BCUT2D eigenvalue weighted by Crippen LogP contribution is -2.12. The van der Waals surface area contributed by atoms with E-state index in [9.17, 15) is 9.59 Å². The number of hydrogen-bond acceptors (Lipinski definition) is 6. The van der Waals surface area contributed by atoms with E-state index in [1.165, 1.54) is 20.2 Å². The summed E-state index contributed by atoms with van der Waals surface area (Å²) < 4.78 is 0. The first-order valence-electron chi connectivity index (χ1n) is 15.6. The van der Waals surface area contributed by atoms with E-state index in [4.69, 9.17) is 4.98 Å². The molecule has 8 aromatic rings. The summed E-state index contributed by atoms with van der Waals surface area (Å²) in [5.41, 5.74) is 5.49. The van der Waals surface area contributed by atoms with Crippen LogP contribution in [0.15, 0.2) is 131 Å². The predicted molar refractivity (Wildman–Crippen MR) is 200 cm³/mol. The van der Waals surface area contributed by atoms with Gasteiger partial charge in [-0.2, -0.15) is 0 Å². The molecule has 0 aliphatic heterocycles. The van der Waals surface area contributed by atoms with Crippen LogP contribution in [-0.4, -0.2) is 19.9 Å². The van der Waals surface area contributed by atoms with E-state index in [-0.39, 0.29) is 11.1 Å². The summed E-state index contributed by atoms with van der Waals surface area (Å²) in [5, 5.41) is 1.17. The number of aromatic amines is 2. The molecule has 4 aromatic heterocycles. The van der Waals surface area contributed by atoms with Crippen molar-refractivity contribution in [2.45, 2.75) is 12.8 Å². The van der Waals surface area contributed by atoms with Crippen LogP contribution in [0, 0.1) is 0 Å². The molecule has 0 bridgehead atoms. The van der Waals surface area contributed by atoms with E-state index in [1.807, 2.05) is 66.7 Å². The lowest BCUT2D eigenvalue weighted by atomic mass is 10.0. The van der Waals surface area contributed by atoms with Gasteiger partial charge in [0.05, 0.1) is 21.8 Å². The average Bonchev–Trinajstić information content (AvgIpc) is 3.81. The van der Waals surface area contributed by atoms with Gasteiger partial charge in [-0.15, -0.1) is 22.7 Å². The normalized spacial score (nSPS) is 11.6. The Hall–Kier alpha value is -5.70. The fourth-order valence-corrected chi connectivity index (χ4v) is 7.70. The van der Waals surface area contributed by atoms with Crippen molar-refractivity contribution in [1.82, 2.24) is 19.9 Å². The number of thiophene rings is 2. The summed E-state index contributed by atoms with van der Waals surface area (Å²) in [7, 11) is 0. The monoisotopic (exact) mass is 660 g/mol. The first-order chi connectivity index (χ1) is 23.6. The van der Waals surface area contributed by atoms with E-state index >= 15 is 0 Å². The maximum atomic E-state index is 12.9. The minimum absolute atomic E-state index is 0.0965. The molecule has 0 saturated heterocycles. The summed E-state index contributed by atoms with van der Waals surface area (Å²) in [6, 6.07) is 40.4. The zero-order chi connectivity index (χ0) is 32.5. The molecular formula is C40H28N4O2S2. The second-order valence-electron chi connectivity index (χ2n) is 11.5. The zero-order valence-corrected chi connectivity index (χ0v) is 27.3. The Morgan fingerprint density at radius 1 is 0.542 bits per heavy atom. The van der Waals surface area contributed by atoms with E-state index in [2.05, 4.69) is 75.6 Å². The topological polar surface area (TPSA) is 91.5 Å². The number of benzene rings is 4. The summed E-state index contributed by atoms with van der Waals surface area (Å²) in [6.07, 6.45) is 5.31. The maximum Gasteiger partial charge on any atom is 0.259 e. The minimum Gasteiger partial charge on any atom is -0.310 e. The first-order valence-corrected chi connectivity index (χ1v) is 17.2. The van der Waals surface area contributed by atoms with Crippen LogP contribution >= 0.6 is 22.7 Å². The van der Waals surface area contributed by atoms with E-state index in [1.54, 1.807) is 28.7 Å². The maximum absolute atomic E-state index is 12.9. The minimum atomic E-state index is -0.158. The number of nitrogens with zero attached hydrogens (tertiary/aromatic N) is 2. The lowest BCUT2D eigenvalue weighted by Gasteiger charge is -2.06. The van der Waals surface area contributed by atoms with Crippen molar-refractivity contribution in [1.29, 1.82) is 0 Å². The number of aromatic nitrogens is 4. The third-order valence-corrected chi connectivity index (χ3v) is 10.5. The SMILES string of the molecule is O=c1[nH]c(/C=C/c2ccc(-c3ccccc3)s2)nc2cc(-c3ccc(-c4ccc(CCc5nc6ccccc6c(=O)[nH]5)s4)cc3)ccc12. The Morgan fingerprint density at radius 2 is 1.23 bits per heavy atom. The quantitative estimate of drug-likeness (QED) is 0.170. The van der Waals surface area contributed by atoms with Gasteiger partial charge in [-0.25, -0.2) is 9.97 Å². The van der Waals surface area contributed by atoms with Crippen LogP contribution in [0.25, 0.3) is 66.0 Å². The van der Waals surface area contributed by atoms with Gasteiger partial charge in [0.1, 0.15) is 11.6 Å². The van der Waals surface area contributed by atoms with Gasteiger partial charge in [0.15, 0.2) is 0 Å². The summed E-state index contributed by atoms with van der Waals surface area (Å²) >= 11 is 3.44. The van der Waals surface area contributed by atoms with Crippen LogP contribution in [0.2, 0.25) is 0 Å². The van der Waals surface area contributed by atoms with Gasteiger partial charge in [-0.3, -0.25) is 9.59 Å². The molecule has 0 amide bonds. The third-order valence-electron chi connectivity index (χ3n) is 8.25. The number of fused-ring (bicyclic) bond motifs is 2. The fraction of sp³-hybridized carbons (Fsp3) is 0.0500. The molecule has 0 saturated carbocycles. The van der Waals surface area contributed by atoms with Gasteiger partial charge in [0.25, 0.3) is 11.1 Å². The van der Waals surface area contributed by atoms with Crippen LogP contribution in [0.1, 0.15) is 21.4 Å². The Bertz CT molecular complexity index is 2560. The molecule has 232 valence electrons. The van der Waals surface area contributed by atoms with Crippen molar-refractivity contribution in [3.05, 3.63) is 163 Å². The molecule has 48 heavy (non-hydrogen) atoms. The summed E-state index contributed by atoms with van der Waals surface area (Å²) in [6.45, 7) is 0. The Balaban J connectivity index is 0.973. The lowest BCUT2D eigenvalue weighted by molar-refractivity contribution is 0.871. The number of nitrogens with one attached hydrogen (secondary N) is 2. The number of rotatable bonds is 8. The second kappa shape index (κ2) is 12.8. The van der Waals surface area contributed by atoms with Gasteiger partial charge in [0, 0.05) is 25.9 Å². The van der Waals surface area contributed by atoms with Crippen molar-refractivity contribution < 1.29 is 0 Å². The molecular weight excluding hydrogens is 633 g/mol. The fourth-order valence-electron chi connectivity index (χ4n) is 5.77. The highest BCUT2D eigenvalue weighted by Crippen LogP contribution is 2.32. The molecule has 8 heteroatoms. The number of hydrogen-bond donors (Lipinski definition) is 2. The van der Waals surface area contributed by atoms with Crippen molar-refractivity contribution in [3.8, 4) is 32.0 Å². The molecule has 0 spiro atoms. The van der Waals surface area contributed by atoms with Crippen LogP contribution in [0.5, 0.6) is 0 Å². The Morgan fingerprint density at radius 3 is 2.10 bits per heavy atom. The Kier molecular flexibility index (Phi) is 7.94. The van der Waals surface area contributed by atoms with Crippen LogP contribution in [0.4, 0.5) is 0 Å². The van der Waals surface area contributed by atoms with Gasteiger partial charge in [-0.1, -0.05) is 72.8 Å². The van der Waals surface area contributed by atoms with Gasteiger partial charge >= 0.3 is 0 Å². The highest BCUT2D eigenvalue weighted by molar-refractivity contribution is 7.16. The molecule has 4 aromatic carbocycles. The molecule has 0 fully saturated rings. The molecule has 8 rings (SSSR count). The Labute approximate surface area is 283 Å². The molecule has 0 aliphatic rings. The van der Waals surface area contributed by atoms with Crippen molar-refractivity contribution in [3.63, 3.8) is 0 Å². The van der Waals surface area contributed by atoms with E-state index < -0.39 is 0 Å². The largest absolute Gasteiger partial charge is 0.310 e. The number of aryl methyl sites for hydroxylation is 2. The molecule has 0 unspecified atom stereocenters. The second-order valence-corrected chi connectivity index (χ2v) is 13.7. The van der Waals surface area contributed by atoms with Crippen LogP contribution in [-0.2, 0) is 12.8 Å². The number of H-pyrrole nitrogens is 2. The molecule has 0 aliphatic carbocycles. The van der Waals surface area contributed by atoms with Crippen LogP contribution < -0.4 is 11.1 Å². The van der Waals surface area contributed by atoms with Gasteiger partial charge < -0.3 is 9.97 Å². The molecule has 0 atom stereocenters. The molecule has 2 N–H and O–H groups in total. The highest BCUT2D eigenvalue weighted by atomic mass is 32.1. The predicted octanol–water partition coefficient (Wildman–Crippen LogP) is 9.24. The third kappa shape index (κ3) is 6.19. The van der Waals surface area contributed by atoms with Gasteiger partial charge in [0.2, 0.25) is 0 Å². The number of para-hydroxylation sites is 1. The molecule has 4 heterocycles. The van der Waals surface area contributed by atoms with Gasteiger partial charge in [-0.05, 0) is 89.4 Å².